The number of aliphatic carboxylic acids is 1. The van der Waals surface area contributed by atoms with Crippen molar-refractivity contribution in [2.75, 3.05) is 0 Å². The van der Waals surface area contributed by atoms with Crippen LogP contribution in [-0.2, 0) is 9.59 Å². The molecule has 3 heteroatoms. The van der Waals surface area contributed by atoms with Crippen LogP contribution in [0, 0.1) is 0 Å². The quantitative estimate of drug-likeness (QED) is 0.206. The van der Waals surface area contributed by atoms with E-state index in [2.05, 4.69) is 25.2 Å². The summed E-state index contributed by atoms with van der Waals surface area (Å²) in [6, 6.07) is 0. The average Bonchev–Trinajstić information content (AvgIpc) is 2.53. The molecule has 0 aliphatic carbocycles. The lowest BCUT2D eigenvalue weighted by atomic mass is 10.0. The molecular weight excluding hydrogens is 300 g/mol. The number of carbonyl (C=O) groups is 2. The van der Waals surface area contributed by atoms with Gasteiger partial charge in [-0.2, -0.15) is 0 Å². The topological polar surface area (TPSA) is 54.4 Å². The van der Waals surface area contributed by atoms with Crippen molar-refractivity contribution in [1.82, 2.24) is 0 Å². The first-order chi connectivity index (χ1) is 11.6. The Bertz CT molecular complexity index is 394. The Morgan fingerprint density at radius 3 is 2.08 bits per heavy atom. The summed E-state index contributed by atoms with van der Waals surface area (Å²) in [4.78, 5) is 22.1. The Labute approximate surface area is 148 Å². The van der Waals surface area contributed by atoms with Crippen LogP contribution < -0.4 is 0 Å². The van der Waals surface area contributed by atoms with E-state index >= 15 is 0 Å². The molecule has 0 aromatic rings. The molecule has 0 rings (SSSR count). The van der Waals surface area contributed by atoms with Gasteiger partial charge in [-0.05, 0) is 51.0 Å². The van der Waals surface area contributed by atoms with E-state index in [0.29, 0.717) is 0 Å². The van der Waals surface area contributed by atoms with Crippen LogP contribution in [0.25, 0.3) is 0 Å². The largest absolute Gasteiger partial charge is 0.481 e. The van der Waals surface area contributed by atoms with Crippen molar-refractivity contribution in [2.24, 2.45) is 0 Å². The van der Waals surface area contributed by atoms with Crippen LogP contribution in [-0.4, -0.2) is 16.9 Å². The van der Waals surface area contributed by atoms with E-state index in [1.807, 2.05) is 0 Å². The third kappa shape index (κ3) is 15.5. The maximum atomic E-state index is 11.7. The van der Waals surface area contributed by atoms with Crippen molar-refractivity contribution in [1.29, 1.82) is 0 Å². The molecule has 0 radical (unpaired) electrons. The van der Waals surface area contributed by atoms with E-state index in [-0.39, 0.29) is 12.2 Å². The number of allylic oxidation sites excluding steroid dienone is 4. The molecule has 0 aromatic heterocycles. The molecule has 0 fully saturated rings. The van der Waals surface area contributed by atoms with Gasteiger partial charge in [-0.15, -0.1) is 0 Å². The van der Waals surface area contributed by atoms with E-state index in [1.54, 1.807) is 6.92 Å². The zero-order valence-corrected chi connectivity index (χ0v) is 15.7. The van der Waals surface area contributed by atoms with Gasteiger partial charge >= 0.3 is 5.97 Å². The summed E-state index contributed by atoms with van der Waals surface area (Å²) < 4.78 is 0. The predicted octanol–water partition coefficient (Wildman–Crippen LogP) is 6.23. The second-order valence-electron chi connectivity index (χ2n) is 6.50. The lowest BCUT2D eigenvalue weighted by molar-refractivity contribution is -0.137. The van der Waals surface area contributed by atoms with Gasteiger partial charge in [-0.3, -0.25) is 9.59 Å². The van der Waals surface area contributed by atoms with Gasteiger partial charge in [0, 0.05) is 6.42 Å². The lowest BCUT2D eigenvalue weighted by Crippen LogP contribution is -1.97. The molecule has 0 spiro atoms. The highest BCUT2D eigenvalue weighted by Crippen LogP contribution is 2.14. The molecule has 0 aromatic carbocycles. The standard InChI is InChI=1S/C21H36O3/c1-3-4-5-6-7-8-10-13-16-20(19(2)22)17-14-11-9-12-15-18-21(23)24/h8,10,16H,3-7,9,11-15,17-18H2,1-2H3,(H,23,24)/b10-8+,20-16+. The third-order valence-electron chi connectivity index (χ3n) is 4.18. The Morgan fingerprint density at radius 2 is 1.46 bits per heavy atom. The van der Waals surface area contributed by atoms with Gasteiger partial charge in [-0.25, -0.2) is 0 Å². The first kappa shape index (κ1) is 22.6. The van der Waals surface area contributed by atoms with Crippen molar-refractivity contribution in [2.45, 2.75) is 97.3 Å². The minimum absolute atomic E-state index is 0.178. The number of rotatable bonds is 16. The molecule has 0 aliphatic heterocycles. The van der Waals surface area contributed by atoms with E-state index in [4.69, 9.17) is 5.11 Å². The van der Waals surface area contributed by atoms with E-state index in [1.165, 1.54) is 25.7 Å². The number of Topliss-reactive ketones (excluding diaryl/α,β-unsaturated/α-hetero) is 1. The van der Waals surface area contributed by atoms with Gasteiger partial charge in [0.05, 0.1) is 0 Å². The van der Waals surface area contributed by atoms with Crippen molar-refractivity contribution < 1.29 is 14.7 Å². The fourth-order valence-corrected chi connectivity index (χ4v) is 2.66. The number of carboxylic acids is 1. The Balaban J connectivity index is 3.81. The summed E-state index contributed by atoms with van der Waals surface area (Å²) in [5, 5.41) is 8.57. The van der Waals surface area contributed by atoms with Crippen LogP contribution in [0.1, 0.15) is 97.3 Å². The van der Waals surface area contributed by atoms with Gasteiger partial charge in [0.15, 0.2) is 5.78 Å². The number of unbranched alkanes of at least 4 members (excludes halogenated alkanes) is 8. The summed E-state index contributed by atoms with van der Waals surface area (Å²) in [5.41, 5.74) is 0.941. The summed E-state index contributed by atoms with van der Waals surface area (Å²) in [7, 11) is 0. The van der Waals surface area contributed by atoms with Gasteiger partial charge in [0.1, 0.15) is 0 Å². The molecule has 138 valence electrons. The molecule has 0 unspecified atom stereocenters. The van der Waals surface area contributed by atoms with E-state index < -0.39 is 5.97 Å². The van der Waals surface area contributed by atoms with E-state index in [9.17, 15) is 9.59 Å². The predicted molar refractivity (Wildman–Crippen MR) is 101 cm³/mol. The Kier molecular flexibility index (Phi) is 15.5. The molecule has 0 bridgehead atoms. The third-order valence-corrected chi connectivity index (χ3v) is 4.18. The molecule has 0 aliphatic rings. The fourth-order valence-electron chi connectivity index (χ4n) is 2.66. The molecule has 24 heavy (non-hydrogen) atoms. The number of ketones is 1. The van der Waals surface area contributed by atoms with Crippen molar-refractivity contribution >= 4 is 11.8 Å². The highest BCUT2D eigenvalue weighted by molar-refractivity contribution is 5.93. The summed E-state index contributed by atoms with van der Waals surface area (Å²) in [6.07, 6.45) is 19.6. The van der Waals surface area contributed by atoms with Crippen molar-refractivity contribution in [3.05, 3.63) is 23.8 Å². The summed E-state index contributed by atoms with van der Waals surface area (Å²) in [6.45, 7) is 3.87. The molecule has 0 saturated carbocycles. The van der Waals surface area contributed by atoms with Crippen molar-refractivity contribution in [3.63, 3.8) is 0 Å². The average molecular weight is 337 g/mol. The number of hydrogen-bond donors (Lipinski definition) is 1. The zero-order valence-electron chi connectivity index (χ0n) is 15.7. The molecule has 0 heterocycles. The van der Waals surface area contributed by atoms with Crippen LogP contribution >= 0.6 is 0 Å². The fraction of sp³-hybridized carbons (Fsp3) is 0.714. The SMILES string of the molecule is CCCCCC/C=C/C/C=C(\CCCCCCCC(=O)O)C(C)=O. The number of carboxylic acid groups (broad SMARTS) is 1. The van der Waals surface area contributed by atoms with Gasteiger partial charge in [-0.1, -0.05) is 63.7 Å². The van der Waals surface area contributed by atoms with E-state index in [0.717, 1.165) is 56.9 Å². The van der Waals surface area contributed by atoms with Crippen LogP contribution in [0.5, 0.6) is 0 Å². The Hall–Kier alpha value is -1.38. The maximum Gasteiger partial charge on any atom is 0.303 e. The number of hydrogen-bond acceptors (Lipinski definition) is 2. The smallest absolute Gasteiger partial charge is 0.303 e. The minimum atomic E-state index is -0.713. The van der Waals surface area contributed by atoms with Crippen molar-refractivity contribution in [3.8, 4) is 0 Å². The molecular formula is C21H36O3. The first-order valence-corrected chi connectivity index (χ1v) is 9.64. The van der Waals surface area contributed by atoms with Crippen LogP contribution in [0.3, 0.4) is 0 Å². The summed E-state index contributed by atoms with van der Waals surface area (Å²) in [5.74, 6) is -0.535. The van der Waals surface area contributed by atoms with Crippen LogP contribution in [0.15, 0.2) is 23.8 Å². The second-order valence-corrected chi connectivity index (χ2v) is 6.50. The molecule has 1 N–H and O–H groups in total. The van der Waals surface area contributed by atoms with Gasteiger partial charge in [0.25, 0.3) is 0 Å². The van der Waals surface area contributed by atoms with Crippen LogP contribution in [0.2, 0.25) is 0 Å². The molecule has 0 saturated heterocycles. The molecule has 0 amide bonds. The monoisotopic (exact) mass is 336 g/mol. The normalized spacial score (nSPS) is 12.0. The zero-order chi connectivity index (χ0) is 18.0. The Morgan fingerprint density at radius 1 is 0.833 bits per heavy atom. The minimum Gasteiger partial charge on any atom is -0.481 e. The molecule has 3 nitrogen and oxygen atoms in total. The summed E-state index contributed by atoms with van der Waals surface area (Å²) >= 11 is 0. The van der Waals surface area contributed by atoms with Crippen LogP contribution in [0.4, 0.5) is 0 Å². The molecule has 0 atom stereocenters. The maximum absolute atomic E-state index is 11.7. The highest BCUT2D eigenvalue weighted by atomic mass is 16.4. The van der Waals surface area contributed by atoms with Gasteiger partial charge in [0.2, 0.25) is 0 Å². The number of carbonyl (C=O) groups excluding carboxylic acids is 1. The lowest BCUT2D eigenvalue weighted by Gasteiger charge is -2.04. The van der Waals surface area contributed by atoms with Gasteiger partial charge < -0.3 is 5.11 Å². The first-order valence-electron chi connectivity index (χ1n) is 9.64. The second kappa shape index (κ2) is 16.5. The highest BCUT2D eigenvalue weighted by Gasteiger charge is 2.03.